The Balaban J connectivity index is 2.38. The van der Waals surface area contributed by atoms with Crippen molar-refractivity contribution in [2.45, 2.75) is 30.1 Å². The van der Waals surface area contributed by atoms with Gasteiger partial charge < -0.3 is 10.8 Å². The maximum atomic E-state index is 11.6. The standard InChI is InChI=1S/C11H13N5O3S/c1-2-5-16-10(19)14-15-11(16)20-8-7(12)6(9(17)18)3-4-13-8/h3-4H,2,5,12H2,1H3,(H,14,19)(H,17,18). The van der Waals surface area contributed by atoms with Crippen LogP contribution in [0, 0.1) is 0 Å². The summed E-state index contributed by atoms with van der Waals surface area (Å²) in [4.78, 5) is 26.6. The number of rotatable bonds is 5. The van der Waals surface area contributed by atoms with Gasteiger partial charge >= 0.3 is 11.7 Å². The number of nitrogens with zero attached hydrogens (tertiary/aromatic N) is 3. The highest BCUT2D eigenvalue weighted by molar-refractivity contribution is 7.99. The van der Waals surface area contributed by atoms with E-state index in [-0.39, 0.29) is 16.9 Å². The number of nitrogen functional groups attached to an aromatic ring is 1. The molecule has 0 saturated carbocycles. The lowest BCUT2D eigenvalue weighted by Gasteiger charge is -2.07. The lowest BCUT2D eigenvalue weighted by Crippen LogP contribution is -2.17. The Labute approximate surface area is 118 Å². The summed E-state index contributed by atoms with van der Waals surface area (Å²) in [5, 5.41) is 16.0. The normalized spacial score (nSPS) is 10.7. The van der Waals surface area contributed by atoms with Crippen molar-refractivity contribution in [3.05, 3.63) is 28.3 Å². The van der Waals surface area contributed by atoms with Crippen LogP contribution in [0.15, 0.2) is 27.2 Å². The quantitative estimate of drug-likeness (QED) is 0.744. The number of carboxylic acids is 1. The van der Waals surface area contributed by atoms with E-state index in [4.69, 9.17) is 10.8 Å². The van der Waals surface area contributed by atoms with E-state index in [0.717, 1.165) is 18.2 Å². The third kappa shape index (κ3) is 2.67. The first kappa shape index (κ1) is 14.1. The van der Waals surface area contributed by atoms with Gasteiger partial charge in [0.2, 0.25) is 0 Å². The van der Waals surface area contributed by atoms with Gasteiger partial charge in [-0.15, -0.1) is 5.10 Å². The van der Waals surface area contributed by atoms with Crippen LogP contribution in [-0.4, -0.2) is 30.8 Å². The van der Waals surface area contributed by atoms with Crippen molar-refractivity contribution in [3.8, 4) is 0 Å². The van der Waals surface area contributed by atoms with Gasteiger partial charge in [-0.3, -0.25) is 4.57 Å². The SMILES string of the molecule is CCCn1c(Sc2nccc(C(=O)O)c2N)n[nH]c1=O. The lowest BCUT2D eigenvalue weighted by molar-refractivity contribution is 0.0697. The number of anilines is 1. The maximum Gasteiger partial charge on any atom is 0.343 e. The number of H-pyrrole nitrogens is 1. The Hall–Kier alpha value is -2.29. The summed E-state index contributed by atoms with van der Waals surface area (Å²) in [6.07, 6.45) is 2.13. The van der Waals surface area contributed by atoms with E-state index in [9.17, 15) is 9.59 Å². The first-order valence-electron chi connectivity index (χ1n) is 5.85. The van der Waals surface area contributed by atoms with Gasteiger partial charge in [-0.25, -0.2) is 19.7 Å². The smallest absolute Gasteiger partial charge is 0.343 e. The fourth-order valence-corrected chi connectivity index (χ4v) is 2.49. The summed E-state index contributed by atoms with van der Waals surface area (Å²) in [5.74, 6) is -1.13. The maximum absolute atomic E-state index is 11.6. The van der Waals surface area contributed by atoms with E-state index in [0.29, 0.717) is 16.7 Å². The van der Waals surface area contributed by atoms with Crippen molar-refractivity contribution in [3.63, 3.8) is 0 Å². The van der Waals surface area contributed by atoms with Crippen LogP contribution >= 0.6 is 11.8 Å². The molecule has 9 heteroatoms. The van der Waals surface area contributed by atoms with Crippen LogP contribution < -0.4 is 11.4 Å². The Morgan fingerprint density at radius 3 is 3.00 bits per heavy atom. The zero-order valence-electron chi connectivity index (χ0n) is 10.7. The predicted molar refractivity (Wildman–Crippen MR) is 72.9 cm³/mol. The molecule has 0 bridgehead atoms. The molecule has 0 spiro atoms. The first-order chi connectivity index (χ1) is 9.54. The molecule has 106 valence electrons. The molecular weight excluding hydrogens is 282 g/mol. The van der Waals surface area contributed by atoms with Crippen LogP contribution in [0.25, 0.3) is 0 Å². The number of nitrogens with two attached hydrogens (primary N) is 1. The molecule has 2 heterocycles. The van der Waals surface area contributed by atoms with E-state index < -0.39 is 5.97 Å². The minimum Gasteiger partial charge on any atom is -0.478 e. The van der Waals surface area contributed by atoms with Crippen molar-refractivity contribution in [1.82, 2.24) is 19.7 Å². The van der Waals surface area contributed by atoms with Gasteiger partial charge in [-0.2, -0.15) is 0 Å². The van der Waals surface area contributed by atoms with E-state index >= 15 is 0 Å². The van der Waals surface area contributed by atoms with Crippen molar-refractivity contribution < 1.29 is 9.90 Å². The molecule has 0 saturated heterocycles. The van der Waals surface area contributed by atoms with Gasteiger partial charge in [0.15, 0.2) is 5.16 Å². The second kappa shape index (κ2) is 5.78. The molecule has 20 heavy (non-hydrogen) atoms. The van der Waals surface area contributed by atoms with Crippen LogP contribution in [-0.2, 0) is 6.54 Å². The van der Waals surface area contributed by atoms with Crippen molar-refractivity contribution in [2.24, 2.45) is 0 Å². The second-order valence-electron chi connectivity index (χ2n) is 3.95. The van der Waals surface area contributed by atoms with Gasteiger partial charge in [-0.05, 0) is 24.2 Å². The number of hydrogen-bond acceptors (Lipinski definition) is 6. The van der Waals surface area contributed by atoms with E-state index in [1.165, 1.54) is 16.8 Å². The van der Waals surface area contributed by atoms with Crippen LogP contribution in [0.1, 0.15) is 23.7 Å². The zero-order chi connectivity index (χ0) is 14.7. The number of hydrogen-bond donors (Lipinski definition) is 3. The molecule has 4 N–H and O–H groups in total. The Morgan fingerprint density at radius 2 is 2.35 bits per heavy atom. The summed E-state index contributed by atoms with van der Waals surface area (Å²) >= 11 is 1.05. The fraction of sp³-hybridized carbons (Fsp3) is 0.273. The molecule has 0 amide bonds. The number of aromatic carboxylic acids is 1. The van der Waals surface area contributed by atoms with Gasteiger partial charge in [0.1, 0.15) is 5.03 Å². The molecule has 2 aromatic heterocycles. The topological polar surface area (TPSA) is 127 Å². The van der Waals surface area contributed by atoms with Gasteiger partial charge in [-0.1, -0.05) is 6.92 Å². The molecule has 0 aliphatic rings. The Morgan fingerprint density at radius 1 is 1.60 bits per heavy atom. The number of nitrogens with one attached hydrogen (secondary N) is 1. The molecule has 0 aliphatic carbocycles. The molecule has 0 atom stereocenters. The van der Waals surface area contributed by atoms with E-state index in [2.05, 4.69) is 15.2 Å². The Bertz CT molecular complexity index is 694. The largest absolute Gasteiger partial charge is 0.478 e. The van der Waals surface area contributed by atoms with E-state index in [1.54, 1.807) is 0 Å². The fourth-order valence-electron chi connectivity index (χ4n) is 1.61. The van der Waals surface area contributed by atoms with Gasteiger partial charge in [0.05, 0.1) is 11.3 Å². The number of carbonyl (C=O) groups is 1. The average molecular weight is 295 g/mol. The molecular formula is C11H13N5O3S. The van der Waals surface area contributed by atoms with Crippen molar-refractivity contribution in [1.29, 1.82) is 0 Å². The predicted octanol–water partition coefficient (Wildman–Crippen LogP) is 0.808. The summed E-state index contributed by atoms with van der Waals surface area (Å²) < 4.78 is 1.46. The van der Waals surface area contributed by atoms with Crippen molar-refractivity contribution in [2.75, 3.05) is 5.73 Å². The average Bonchev–Trinajstić information content (AvgIpc) is 2.74. The molecule has 0 aromatic carbocycles. The molecule has 0 unspecified atom stereocenters. The zero-order valence-corrected chi connectivity index (χ0v) is 11.5. The molecule has 0 fully saturated rings. The Kier molecular flexibility index (Phi) is 4.08. The summed E-state index contributed by atoms with van der Waals surface area (Å²) in [7, 11) is 0. The molecule has 0 aliphatic heterocycles. The number of pyridine rings is 1. The number of aromatic amines is 1. The van der Waals surface area contributed by atoms with Gasteiger partial charge in [0.25, 0.3) is 0 Å². The number of carboxylic acid groups (broad SMARTS) is 1. The molecule has 2 rings (SSSR count). The van der Waals surface area contributed by atoms with E-state index in [1.807, 2.05) is 6.92 Å². The molecule has 2 aromatic rings. The summed E-state index contributed by atoms with van der Waals surface area (Å²) in [6, 6.07) is 1.32. The first-order valence-corrected chi connectivity index (χ1v) is 6.67. The van der Waals surface area contributed by atoms with Crippen LogP contribution in [0.4, 0.5) is 5.69 Å². The van der Waals surface area contributed by atoms with Gasteiger partial charge in [0, 0.05) is 12.7 Å². The minimum absolute atomic E-state index is 0.0255. The molecule has 8 nitrogen and oxygen atoms in total. The lowest BCUT2D eigenvalue weighted by atomic mass is 10.2. The third-order valence-corrected chi connectivity index (χ3v) is 3.56. The monoisotopic (exact) mass is 295 g/mol. The third-order valence-electron chi connectivity index (χ3n) is 2.54. The summed E-state index contributed by atoms with van der Waals surface area (Å²) in [5.41, 5.74) is 5.49. The van der Waals surface area contributed by atoms with Crippen LogP contribution in [0.5, 0.6) is 0 Å². The highest BCUT2D eigenvalue weighted by Gasteiger charge is 2.16. The summed E-state index contributed by atoms with van der Waals surface area (Å²) in [6.45, 7) is 2.45. The minimum atomic E-state index is -1.13. The number of aromatic nitrogens is 4. The van der Waals surface area contributed by atoms with Crippen LogP contribution in [0.2, 0.25) is 0 Å². The molecule has 0 radical (unpaired) electrons. The van der Waals surface area contributed by atoms with Crippen LogP contribution in [0.3, 0.4) is 0 Å². The highest BCUT2D eigenvalue weighted by atomic mass is 32.2. The highest BCUT2D eigenvalue weighted by Crippen LogP contribution is 2.30. The second-order valence-corrected chi connectivity index (χ2v) is 4.90. The van der Waals surface area contributed by atoms with Crippen molar-refractivity contribution >= 4 is 23.4 Å².